The number of H-pyrrole nitrogens is 1. The second kappa shape index (κ2) is 7.06. The Hall–Kier alpha value is -3.05. The standard InChI is InChI=1S/C20H16ClN3O2/c21-15-6-7-17-16(10-15)14(12-23-17)8-9-22-20(25)18-11-19(26-24-18)13-4-2-1-3-5-13/h1-7,10-12,23H,8-9H2,(H,22,25). The van der Waals surface area contributed by atoms with E-state index in [9.17, 15) is 4.79 Å². The topological polar surface area (TPSA) is 70.9 Å². The van der Waals surface area contributed by atoms with Gasteiger partial charge in [0.15, 0.2) is 11.5 Å². The molecular formula is C20H16ClN3O2. The molecule has 0 bridgehead atoms. The zero-order valence-electron chi connectivity index (χ0n) is 13.8. The number of rotatable bonds is 5. The molecule has 2 aromatic carbocycles. The number of carbonyl (C=O) groups is 1. The van der Waals surface area contributed by atoms with Gasteiger partial charge in [0, 0.05) is 40.3 Å². The van der Waals surface area contributed by atoms with Crippen molar-refractivity contribution in [3.05, 3.63) is 77.1 Å². The number of aromatic amines is 1. The highest BCUT2D eigenvalue weighted by Crippen LogP contribution is 2.23. The van der Waals surface area contributed by atoms with Crippen molar-refractivity contribution in [3.63, 3.8) is 0 Å². The first-order chi connectivity index (χ1) is 12.7. The molecule has 130 valence electrons. The quantitative estimate of drug-likeness (QED) is 0.549. The number of benzene rings is 2. The average molecular weight is 366 g/mol. The maximum absolute atomic E-state index is 12.3. The normalized spacial score (nSPS) is 11.0. The van der Waals surface area contributed by atoms with E-state index in [2.05, 4.69) is 15.5 Å². The van der Waals surface area contributed by atoms with Gasteiger partial charge in [0.05, 0.1) is 0 Å². The van der Waals surface area contributed by atoms with Crippen LogP contribution in [-0.4, -0.2) is 22.6 Å². The van der Waals surface area contributed by atoms with Crippen LogP contribution in [0.4, 0.5) is 0 Å². The monoisotopic (exact) mass is 365 g/mol. The summed E-state index contributed by atoms with van der Waals surface area (Å²) in [4.78, 5) is 15.5. The third-order valence-corrected chi connectivity index (χ3v) is 4.45. The van der Waals surface area contributed by atoms with Crippen molar-refractivity contribution in [2.24, 2.45) is 0 Å². The summed E-state index contributed by atoms with van der Waals surface area (Å²) < 4.78 is 5.26. The van der Waals surface area contributed by atoms with Gasteiger partial charge in [0.1, 0.15) is 0 Å². The maximum atomic E-state index is 12.3. The van der Waals surface area contributed by atoms with E-state index in [1.54, 1.807) is 6.07 Å². The van der Waals surface area contributed by atoms with E-state index in [4.69, 9.17) is 16.1 Å². The fourth-order valence-electron chi connectivity index (χ4n) is 2.88. The Morgan fingerprint density at radius 1 is 1.15 bits per heavy atom. The Balaban J connectivity index is 1.40. The van der Waals surface area contributed by atoms with Gasteiger partial charge in [-0.2, -0.15) is 0 Å². The van der Waals surface area contributed by atoms with Gasteiger partial charge in [0.25, 0.3) is 5.91 Å². The molecule has 5 nitrogen and oxygen atoms in total. The van der Waals surface area contributed by atoms with Crippen molar-refractivity contribution >= 4 is 28.4 Å². The summed E-state index contributed by atoms with van der Waals surface area (Å²) in [6.45, 7) is 0.492. The molecule has 0 unspecified atom stereocenters. The van der Waals surface area contributed by atoms with Crippen LogP contribution in [0.15, 0.2) is 65.3 Å². The molecule has 26 heavy (non-hydrogen) atoms. The van der Waals surface area contributed by atoms with Crippen molar-refractivity contribution in [2.75, 3.05) is 6.54 Å². The predicted molar refractivity (Wildman–Crippen MR) is 101 cm³/mol. The molecule has 0 aliphatic heterocycles. The number of carbonyl (C=O) groups excluding carboxylic acids is 1. The van der Waals surface area contributed by atoms with Crippen molar-refractivity contribution in [3.8, 4) is 11.3 Å². The van der Waals surface area contributed by atoms with Crippen LogP contribution in [0.1, 0.15) is 16.1 Å². The second-order valence-corrected chi connectivity index (χ2v) is 6.39. The number of nitrogens with zero attached hydrogens (tertiary/aromatic N) is 1. The zero-order chi connectivity index (χ0) is 17.9. The number of amides is 1. The Kier molecular flexibility index (Phi) is 4.46. The molecule has 4 aromatic rings. The van der Waals surface area contributed by atoms with E-state index in [-0.39, 0.29) is 11.6 Å². The number of fused-ring (bicyclic) bond motifs is 1. The summed E-state index contributed by atoms with van der Waals surface area (Å²) in [5.74, 6) is 0.316. The van der Waals surface area contributed by atoms with Crippen molar-refractivity contribution in [1.29, 1.82) is 0 Å². The molecule has 4 rings (SSSR count). The molecule has 0 spiro atoms. The summed E-state index contributed by atoms with van der Waals surface area (Å²) in [6, 6.07) is 16.9. The molecule has 0 aliphatic rings. The predicted octanol–water partition coefficient (Wildman–Crippen LogP) is 4.45. The molecule has 0 aliphatic carbocycles. The maximum Gasteiger partial charge on any atom is 0.273 e. The van der Waals surface area contributed by atoms with E-state index < -0.39 is 0 Å². The Morgan fingerprint density at radius 2 is 2.00 bits per heavy atom. The Morgan fingerprint density at radius 3 is 2.85 bits per heavy atom. The van der Waals surface area contributed by atoms with Crippen LogP contribution in [0.25, 0.3) is 22.2 Å². The highest BCUT2D eigenvalue weighted by Gasteiger charge is 2.13. The minimum Gasteiger partial charge on any atom is -0.361 e. The molecule has 1 amide bonds. The van der Waals surface area contributed by atoms with E-state index in [1.165, 1.54) is 0 Å². The first-order valence-corrected chi connectivity index (χ1v) is 8.64. The lowest BCUT2D eigenvalue weighted by molar-refractivity contribution is 0.0945. The largest absolute Gasteiger partial charge is 0.361 e. The molecule has 0 radical (unpaired) electrons. The highest BCUT2D eigenvalue weighted by molar-refractivity contribution is 6.31. The lowest BCUT2D eigenvalue weighted by Gasteiger charge is -2.02. The van der Waals surface area contributed by atoms with Gasteiger partial charge in [-0.25, -0.2) is 0 Å². The van der Waals surface area contributed by atoms with Crippen LogP contribution in [0, 0.1) is 0 Å². The number of halogens is 1. The van der Waals surface area contributed by atoms with E-state index >= 15 is 0 Å². The van der Waals surface area contributed by atoms with Crippen LogP contribution >= 0.6 is 11.6 Å². The third-order valence-electron chi connectivity index (χ3n) is 4.21. The lowest BCUT2D eigenvalue weighted by atomic mass is 10.1. The molecular weight excluding hydrogens is 350 g/mol. The summed E-state index contributed by atoms with van der Waals surface area (Å²) in [5.41, 5.74) is 3.29. The van der Waals surface area contributed by atoms with Crippen molar-refractivity contribution in [1.82, 2.24) is 15.5 Å². The van der Waals surface area contributed by atoms with Crippen LogP contribution < -0.4 is 5.32 Å². The summed E-state index contributed by atoms with van der Waals surface area (Å²) in [5, 5.41) is 8.49. The number of aromatic nitrogens is 2. The van der Waals surface area contributed by atoms with Crippen molar-refractivity contribution in [2.45, 2.75) is 6.42 Å². The molecule has 2 aromatic heterocycles. The fraction of sp³-hybridized carbons (Fsp3) is 0.100. The van der Waals surface area contributed by atoms with Gasteiger partial charge in [-0.15, -0.1) is 0 Å². The molecule has 0 saturated carbocycles. The first kappa shape index (κ1) is 16.4. The number of hydrogen-bond donors (Lipinski definition) is 2. The fourth-order valence-corrected chi connectivity index (χ4v) is 3.05. The minimum absolute atomic E-state index is 0.256. The van der Waals surface area contributed by atoms with E-state index in [1.807, 2.05) is 54.7 Å². The molecule has 0 fully saturated rings. The number of hydrogen-bond acceptors (Lipinski definition) is 3. The summed E-state index contributed by atoms with van der Waals surface area (Å²) in [6.07, 6.45) is 2.63. The van der Waals surface area contributed by atoms with Gasteiger partial charge in [-0.1, -0.05) is 47.1 Å². The minimum atomic E-state index is -0.256. The van der Waals surface area contributed by atoms with Crippen LogP contribution in [0.3, 0.4) is 0 Å². The van der Waals surface area contributed by atoms with Gasteiger partial charge < -0.3 is 14.8 Å². The van der Waals surface area contributed by atoms with Crippen LogP contribution in [-0.2, 0) is 6.42 Å². The average Bonchev–Trinajstić information content (AvgIpc) is 3.30. The van der Waals surface area contributed by atoms with Crippen molar-refractivity contribution < 1.29 is 9.32 Å². The molecule has 0 atom stereocenters. The summed E-state index contributed by atoms with van der Waals surface area (Å²) in [7, 11) is 0. The van der Waals surface area contributed by atoms with Gasteiger partial charge in [-0.3, -0.25) is 4.79 Å². The van der Waals surface area contributed by atoms with Crippen LogP contribution in [0.2, 0.25) is 5.02 Å². The third kappa shape index (κ3) is 3.34. The Bertz CT molecular complexity index is 1050. The number of nitrogens with one attached hydrogen (secondary N) is 2. The summed E-state index contributed by atoms with van der Waals surface area (Å²) >= 11 is 6.06. The SMILES string of the molecule is O=C(NCCc1c[nH]c2ccc(Cl)cc12)c1cc(-c2ccccc2)on1. The zero-order valence-corrected chi connectivity index (χ0v) is 14.6. The molecule has 6 heteroatoms. The van der Waals surface area contributed by atoms with Gasteiger partial charge >= 0.3 is 0 Å². The molecule has 2 heterocycles. The second-order valence-electron chi connectivity index (χ2n) is 5.95. The van der Waals surface area contributed by atoms with Crippen LogP contribution in [0.5, 0.6) is 0 Å². The molecule has 0 saturated heterocycles. The van der Waals surface area contributed by atoms with Gasteiger partial charge in [0.2, 0.25) is 0 Å². The first-order valence-electron chi connectivity index (χ1n) is 8.26. The van der Waals surface area contributed by atoms with Gasteiger partial charge in [-0.05, 0) is 30.2 Å². The highest BCUT2D eigenvalue weighted by atomic mass is 35.5. The Labute approximate surface area is 155 Å². The van der Waals surface area contributed by atoms with E-state index in [0.717, 1.165) is 22.0 Å². The van der Waals surface area contributed by atoms with E-state index in [0.29, 0.717) is 23.7 Å². The lowest BCUT2D eigenvalue weighted by Crippen LogP contribution is -2.25. The molecule has 2 N–H and O–H groups in total. The smallest absolute Gasteiger partial charge is 0.273 e.